The summed E-state index contributed by atoms with van der Waals surface area (Å²) in [6.45, 7) is 4.82. The van der Waals surface area contributed by atoms with Crippen molar-refractivity contribution in [1.82, 2.24) is 10.2 Å². The summed E-state index contributed by atoms with van der Waals surface area (Å²) < 4.78 is 10.5. The van der Waals surface area contributed by atoms with E-state index in [1.807, 2.05) is 7.05 Å². The molecule has 1 heterocycles. The molecule has 1 aliphatic heterocycles. The summed E-state index contributed by atoms with van der Waals surface area (Å²) in [6.07, 6.45) is 1.31. The van der Waals surface area contributed by atoms with Gasteiger partial charge in [-0.25, -0.2) is 0 Å². The van der Waals surface area contributed by atoms with E-state index in [9.17, 15) is 0 Å². The van der Waals surface area contributed by atoms with Crippen LogP contribution in [0, 0.1) is 0 Å². The summed E-state index contributed by atoms with van der Waals surface area (Å²) in [7, 11) is 3.68. The Hall–Kier alpha value is 0.130. The second-order valence-corrected chi connectivity index (χ2v) is 3.30. The Morgan fingerprint density at radius 1 is 1.57 bits per heavy atom. The molecule has 86 valence electrons. The number of halogens is 1. The van der Waals surface area contributed by atoms with Gasteiger partial charge in [0.25, 0.3) is 0 Å². The molecule has 1 fully saturated rings. The second kappa shape index (κ2) is 8.44. The minimum absolute atomic E-state index is 0. The Labute approximate surface area is 92.3 Å². The number of morpholine rings is 1. The standard InChI is InChI=1S/C9H20N2O2.ClH/c1-10-9-8-11(5-7-13-9)4-3-6-12-2;/h9-10H,3-8H2,1-2H3;1H. The molecule has 0 aromatic heterocycles. The van der Waals surface area contributed by atoms with Gasteiger partial charge >= 0.3 is 0 Å². The van der Waals surface area contributed by atoms with Crippen molar-refractivity contribution < 1.29 is 9.47 Å². The van der Waals surface area contributed by atoms with Crippen molar-refractivity contribution in [2.24, 2.45) is 0 Å². The van der Waals surface area contributed by atoms with E-state index in [1.54, 1.807) is 7.11 Å². The molecule has 0 spiro atoms. The average Bonchev–Trinajstić information content (AvgIpc) is 2.19. The van der Waals surface area contributed by atoms with Gasteiger partial charge in [0, 0.05) is 33.4 Å². The van der Waals surface area contributed by atoms with Crippen molar-refractivity contribution in [2.75, 3.05) is 47.0 Å². The maximum atomic E-state index is 5.48. The molecule has 1 atom stereocenters. The lowest BCUT2D eigenvalue weighted by atomic mass is 10.3. The highest BCUT2D eigenvalue weighted by molar-refractivity contribution is 5.85. The minimum atomic E-state index is 0. The summed E-state index contributed by atoms with van der Waals surface area (Å²) in [5.41, 5.74) is 0. The molecular formula is C9H21ClN2O2. The molecule has 1 aliphatic rings. The van der Waals surface area contributed by atoms with Crippen LogP contribution in [0.1, 0.15) is 6.42 Å². The molecule has 0 amide bonds. The third kappa shape index (κ3) is 5.12. The normalized spacial score (nSPS) is 23.1. The first kappa shape index (κ1) is 14.1. The number of nitrogens with one attached hydrogen (secondary N) is 1. The molecule has 5 heteroatoms. The fourth-order valence-corrected chi connectivity index (χ4v) is 1.51. The Kier molecular flexibility index (Phi) is 8.52. The topological polar surface area (TPSA) is 33.7 Å². The summed E-state index contributed by atoms with van der Waals surface area (Å²) in [4.78, 5) is 2.41. The number of ether oxygens (including phenoxy) is 2. The Bertz CT molecular complexity index is 138. The maximum Gasteiger partial charge on any atom is 0.120 e. The van der Waals surface area contributed by atoms with Gasteiger partial charge in [0.05, 0.1) is 6.61 Å². The molecule has 0 bridgehead atoms. The molecule has 4 nitrogen and oxygen atoms in total. The molecule has 14 heavy (non-hydrogen) atoms. The Balaban J connectivity index is 0.00000169. The fraction of sp³-hybridized carbons (Fsp3) is 1.00. The van der Waals surface area contributed by atoms with Gasteiger partial charge in [0.2, 0.25) is 0 Å². The molecule has 0 aliphatic carbocycles. The van der Waals surface area contributed by atoms with Crippen molar-refractivity contribution >= 4 is 12.4 Å². The summed E-state index contributed by atoms with van der Waals surface area (Å²) in [6, 6.07) is 0. The average molecular weight is 225 g/mol. The third-order valence-electron chi connectivity index (χ3n) is 2.30. The largest absolute Gasteiger partial charge is 0.385 e. The Morgan fingerprint density at radius 2 is 2.36 bits per heavy atom. The number of rotatable bonds is 5. The predicted molar refractivity (Wildman–Crippen MR) is 59.0 cm³/mol. The highest BCUT2D eigenvalue weighted by atomic mass is 35.5. The SMILES string of the molecule is CNC1CN(CCCOC)CCO1.Cl. The van der Waals surface area contributed by atoms with Gasteiger partial charge in [0.15, 0.2) is 0 Å². The van der Waals surface area contributed by atoms with Gasteiger partial charge in [-0.2, -0.15) is 0 Å². The molecule has 0 saturated carbocycles. The van der Waals surface area contributed by atoms with Crippen molar-refractivity contribution in [3.05, 3.63) is 0 Å². The zero-order valence-electron chi connectivity index (χ0n) is 8.99. The quantitative estimate of drug-likeness (QED) is 0.683. The van der Waals surface area contributed by atoms with Crippen LogP contribution < -0.4 is 5.32 Å². The lowest BCUT2D eigenvalue weighted by Gasteiger charge is -2.32. The highest BCUT2D eigenvalue weighted by Crippen LogP contribution is 2.02. The molecule has 0 aromatic rings. The maximum absolute atomic E-state index is 5.48. The minimum Gasteiger partial charge on any atom is -0.385 e. The number of methoxy groups -OCH3 is 1. The van der Waals surface area contributed by atoms with E-state index in [0.29, 0.717) is 0 Å². The van der Waals surface area contributed by atoms with E-state index < -0.39 is 0 Å². The van der Waals surface area contributed by atoms with Crippen molar-refractivity contribution in [3.8, 4) is 0 Å². The molecule has 1 unspecified atom stereocenters. The van der Waals surface area contributed by atoms with Crippen LogP contribution in [0.3, 0.4) is 0 Å². The number of nitrogens with zero attached hydrogens (tertiary/aromatic N) is 1. The van der Waals surface area contributed by atoms with Crippen LogP contribution in [0.5, 0.6) is 0 Å². The molecule has 0 aromatic carbocycles. The van der Waals surface area contributed by atoms with Gasteiger partial charge in [-0.3, -0.25) is 10.2 Å². The number of hydrogen-bond acceptors (Lipinski definition) is 4. The van der Waals surface area contributed by atoms with E-state index >= 15 is 0 Å². The Morgan fingerprint density at radius 3 is 3.00 bits per heavy atom. The first-order chi connectivity index (χ1) is 6.36. The smallest absolute Gasteiger partial charge is 0.120 e. The van der Waals surface area contributed by atoms with Crippen LogP contribution in [-0.4, -0.2) is 58.1 Å². The zero-order chi connectivity index (χ0) is 9.52. The van der Waals surface area contributed by atoms with E-state index in [-0.39, 0.29) is 18.6 Å². The van der Waals surface area contributed by atoms with E-state index in [1.165, 1.54) is 0 Å². The first-order valence-electron chi connectivity index (χ1n) is 4.87. The molecule has 1 saturated heterocycles. The molecular weight excluding hydrogens is 204 g/mol. The van der Waals surface area contributed by atoms with Crippen molar-refractivity contribution in [1.29, 1.82) is 0 Å². The summed E-state index contributed by atoms with van der Waals surface area (Å²) in [5, 5.41) is 3.13. The van der Waals surface area contributed by atoms with Crippen LogP contribution in [0.25, 0.3) is 0 Å². The van der Waals surface area contributed by atoms with Gasteiger partial charge < -0.3 is 9.47 Å². The van der Waals surface area contributed by atoms with E-state index in [2.05, 4.69) is 10.2 Å². The predicted octanol–water partition coefficient (Wildman–Crippen LogP) is 0.322. The molecule has 0 radical (unpaired) electrons. The van der Waals surface area contributed by atoms with Crippen LogP contribution >= 0.6 is 12.4 Å². The monoisotopic (exact) mass is 224 g/mol. The summed E-state index contributed by atoms with van der Waals surface area (Å²) >= 11 is 0. The van der Waals surface area contributed by atoms with E-state index in [0.717, 1.165) is 39.3 Å². The lowest BCUT2D eigenvalue weighted by molar-refractivity contribution is -0.0430. The number of hydrogen-bond donors (Lipinski definition) is 1. The fourth-order valence-electron chi connectivity index (χ4n) is 1.51. The number of likely N-dealkylation sites (N-methyl/N-ethyl adjacent to an activating group) is 1. The third-order valence-corrected chi connectivity index (χ3v) is 2.30. The van der Waals surface area contributed by atoms with Crippen LogP contribution in [0.2, 0.25) is 0 Å². The van der Waals surface area contributed by atoms with Crippen LogP contribution in [-0.2, 0) is 9.47 Å². The van der Waals surface area contributed by atoms with Crippen LogP contribution in [0.4, 0.5) is 0 Å². The lowest BCUT2D eigenvalue weighted by Crippen LogP contribution is -2.48. The van der Waals surface area contributed by atoms with E-state index in [4.69, 9.17) is 9.47 Å². The van der Waals surface area contributed by atoms with Crippen molar-refractivity contribution in [2.45, 2.75) is 12.6 Å². The van der Waals surface area contributed by atoms with Crippen LogP contribution in [0.15, 0.2) is 0 Å². The first-order valence-corrected chi connectivity index (χ1v) is 4.87. The molecule has 1 rings (SSSR count). The van der Waals surface area contributed by atoms with Gasteiger partial charge in [-0.1, -0.05) is 0 Å². The molecule has 1 N–H and O–H groups in total. The zero-order valence-corrected chi connectivity index (χ0v) is 9.81. The van der Waals surface area contributed by atoms with Crippen molar-refractivity contribution in [3.63, 3.8) is 0 Å². The second-order valence-electron chi connectivity index (χ2n) is 3.30. The van der Waals surface area contributed by atoms with Gasteiger partial charge in [-0.15, -0.1) is 12.4 Å². The highest BCUT2D eigenvalue weighted by Gasteiger charge is 2.17. The summed E-state index contributed by atoms with van der Waals surface area (Å²) in [5.74, 6) is 0. The van der Waals surface area contributed by atoms with Gasteiger partial charge in [0.1, 0.15) is 6.23 Å². The van der Waals surface area contributed by atoms with Gasteiger partial charge in [-0.05, 0) is 13.5 Å².